The van der Waals surface area contributed by atoms with Gasteiger partial charge in [0, 0.05) is 12.1 Å². The largest absolute Gasteiger partial charge is 0.352 e. The summed E-state index contributed by atoms with van der Waals surface area (Å²) >= 11 is 0. The van der Waals surface area contributed by atoms with Crippen molar-refractivity contribution in [2.75, 3.05) is 6.54 Å². The maximum absolute atomic E-state index is 12.0. The van der Waals surface area contributed by atoms with Crippen molar-refractivity contribution in [1.29, 1.82) is 0 Å². The number of rotatable bonds is 4. The van der Waals surface area contributed by atoms with Crippen LogP contribution in [0.15, 0.2) is 54.6 Å². The Labute approximate surface area is 119 Å². The second kappa shape index (κ2) is 5.91. The number of hydrogen-bond donors (Lipinski definition) is 1. The summed E-state index contributed by atoms with van der Waals surface area (Å²) in [6.45, 7) is 0.819. The number of carbonyl (C=O) groups is 1. The van der Waals surface area contributed by atoms with Gasteiger partial charge in [-0.2, -0.15) is 0 Å². The molecule has 0 saturated heterocycles. The van der Waals surface area contributed by atoms with Gasteiger partial charge in [0.15, 0.2) is 0 Å². The lowest BCUT2D eigenvalue weighted by atomic mass is 9.85. The molecular weight excluding hydrogens is 246 g/mol. The molecule has 2 heteroatoms. The van der Waals surface area contributed by atoms with Crippen LogP contribution in [0, 0.1) is 5.92 Å². The molecule has 20 heavy (non-hydrogen) atoms. The minimum atomic E-state index is 0.0384. The molecule has 0 spiro atoms. The van der Waals surface area contributed by atoms with Crippen molar-refractivity contribution in [1.82, 2.24) is 5.32 Å². The second-order valence-electron chi connectivity index (χ2n) is 5.45. The molecular formula is C18H19NO. The molecule has 0 radical (unpaired) electrons. The Bertz CT molecular complexity index is 570. The van der Waals surface area contributed by atoms with Crippen LogP contribution in [0.5, 0.6) is 0 Å². The summed E-state index contributed by atoms with van der Waals surface area (Å²) < 4.78 is 0. The Morgan fingerprint density at radius 3 is 2.20 bits per heavy atom. The zero-order valence-corrected chi connectivity index (χ0v) is 11.5. The molecule has 0 heterocycles. The third kappa shape index (κ3) is 2.90. The number of nitrogens with one attached hydrogen (secondary N) is 1. The van der Waals surface area contributed by atoms with Crippen LogP contribution in [-0.2, 0) is 0 Å². The van der Waals surface area contributed by atoms with Crippen molar-refractivity contribution in [2.45, 2.75) is 19.3 Å². The zero-order valence-electron chi connectivity index (χ0n) is 11.5. The molecule has 0 aliphatic heterocycles. The first-order valence-electron chi connectivity index (χ1n) is 7.26. The van der Waals surface area contributed by atoms with Gasteiger partial charge in [0.25, 0.3) is 5.91 Å². The van der Waals surface area contributed by atoms with Gasteiger partial charge in [-0.1, -0.05) is 48.9 Å². The lowest BCUT2D eigenvalue weighted by Crippen LogP contribution is -2.32. The van der Waals surface area contributed by atoms with E-state index in [0.29, 0.717) is 5.92 Å². The summed E-state index contributed by atoms with van der Waals surface area (Å²) in [5.74, 6) is 0.735. The van der Waals surface area contributed by atoms with E-state index in [9.17, 15) is 4.79 Å². The number of amides is 1. The summed E-state index contributed by atoms with van der Waals surface area (Å²) in [5.41, 5.74) is 3.05. The molecule has 1 aliphatic rings. The van der Waals surface area contributed by atoms with Gasteiger partial charge in [0.2, 0.25) is 0 Å². The van der Waals surface area contributed by atoms with Crippen molar-refractivity contribution >= 4 is 5.91 Å². The van der Waals surface area contributed by atoms with Crippen molar-refractivity contribution in [3.05, 3.63) is 60.2 Å². The normalized spacial score (nSPS) is 14.6. The first-order valence-corrected chi connectivity index (χ1v) is 7.26. The van der Waals surface area contributed by atoms with E-state index in [1.54, 1.807) is 0 Å². The van der Waals surface area contributed by atoms with Gasteiger partial charge in [-0.3, -0.25) is 4.79 Å². The first-order chi connectivity index (χ1) is 9.83. The lowest BCUT2D eigenvalue weighted by molar-refractivity contribution is 0.0939. The molecule has 1 amide bonds. The van der Waals surface area contributed by atoms with E-state index in [0.717, 1.165) is 17.7 Å². The number of carbonyl (C=O) groups excluding carboxylic acids is 1. The molecule has 1 N–H and O–H groups in total. The third-order valence-corrected chi connectivity index (χ3v) is 4.03. The van der Waals surface area contributed by atoms with Crippen LogP contribution >= 0.6 is 0 Å². The Hall–Kier alpha value is -2.09. The van der Waals surface area contributed by atoms with Gasteiger partial charge in [-0.25, -0.2) is 0 Å². The standard InChI is InChI=1S/C18H19NO/c20-18(19-13-14-5-4-6-14)17-11-9-16(10-12-17)15-7-2-1-3-8-15/h1-3,7-12,14H,4-6,13H2,(H,19,20). The molecule has 1 saturated carbocycles. The van der Waals surface area contributed by atoms with Crippen molar-refractivity contribution in [3.8, 4) is 11.1 Å². The fraction of sp³-hybridized carbons (Fsp3) is 0.278. The van der Waals surface area contributed by atoms with Gasteiger partial charge in [0.05, 0.1) is 0 Å². The highest BCUT2D eigenvalue weighted by molar-refractivity contribution is 5.94. The minimum Gasteiger partial charge on any atom is -0.352 e. The highest BCUT2D eigenvalue weighted by atomic mass is 16.1. The average molecular weight is 265 g/mol. The minimum absolute atomic E-state index is 0.0384. The summed E-state index contributed by atoms with van der Waals surface area (Å²) in [5, 5.41) is 3.02. The smallest absolute Gasteiger partial charge is 0.251 e. The summed E-state index contributed by atoms with van der Waals surface area (Å²) in [4.78, 5) is 12.0. The molecule has 1 fully saturated rings. The summed E-state index contributed by atoms with van der Waals surface area (Å²) in [6, 6.07) is 18.0. The Morgan fingerprint density at radius 2 is 1.60 bits per heavy atom. The molecule has 2 aromatic rings. The van der Waals surface area contributed by atoms with E-state index in [4.69, 9.17) is 0 Å². The SMILES string of the molecule is O=C(NCC1CCC1)c1ccc(-c2ccccc2)cc1. The van der Waals surface area contributed by atoms with Crippen LogP contribution in [0.25, 0.3) is 11.1 Å². The molecule has 2 nitrogen and oxygen atoms in total. The van der Waals surface area contributed by atoms with Crippen LogP contribution in [0.1, 0.15) is 29.6 Å². The predicted molar refractivity (Wildman–Crippen MR) is 81.6 cm³/mol. The van der Waals surface area contributed by atoms with E-state index in [1.165, 1.54) is 24.8 Å². The lowest BCUT2D eigenvalue weighted by Gasteiger charge is -2.25. The van der Waals surface area contributed by atoms with E-state index in [2.05, 4.69) is 17.4 Å². The van der Waals surface area contributed by atoms with Crippen molar-refractivity contribution < 1.29 is 4.79 Å². The number of hydrogen-bond acceptors (Lipinski definition) is 1. The van der Waals surface area contributed by atoms with E-state index >= 15 is 0 Å². The van der Waals surface area contributed by atoms with Crippen LogP contribution in [-0.4, -0.2) is 12.5 Å². The fourth-order valence-corrected chi connectivity index (χ4v) is 2.48. The zero-order chi connectivity index (χ0) is 13.8. The molecule has 0 bridgehead atoms. The van der Waals surface area contributed by atoms with Gasteiger partial charge in [0.1, 0.15) is 0 Å². The highest BCUT2D eigenvalue weighted by Gasteiger charge is 2.18. The Balaban J connectivity index is 1.64. The molecule has 102 valence electrons. The molecule has 1 aliphatic carbocycles. The van der Waals surface area contributed by atoms with E-state index in [-0.39, 0.29) is 5.91 Å². The van der Waals surface area contributed by atoms with Gasteiger partial charge in [-0.05, 0) is 42.0 Å². The maximum atomic E-state index is 12.0. The molecule has 0 atom stereocenters. The van der Waals surface area contributed by atoms with E-state index in [1.807, 2.05) is 42.5 Å². The van der Waals surface area contributed by atoms with Crippen LogP contribution in [0.4, 0.5) is 0 Å². The van der Waals surface area contributed by atoms with Crippen molar-refractivity contribution in [3.63, 3.8) is 0 Å². The van der Waals surface area contributed by atoms with Gasteiger partial charge in [-0.15, -0.1) is 0 Å². The van der Waals surface area contributed by atoms with Gasteiger partial charge < -0.3 is 5.32 Å². The monoisotopic (exact) mass is 265 g/mol. The number of benzene rings is 2. The second-order valence-corrected chi connectivity index (χ2v) is 5.45. The maximum Gasteiger partial charge on any atom is 0.251 e. The quantitative estimate of drug-likeness (QED) is 0.893. The van der Waals surface area contributed by atoms with Gasteiger partial charge >= 0.3 is 0 Å². The molecule has 0 aromatic heterocycles. The van der Waals surface area contributed by atoms with Crippen LogP contribution in [0.2, 0.25) is 0 Å². The topological polar surface area (TPSA) is 29.1 Å². The third-order valence-electron chi connectivity index (χ3n) is 4.03. The average Bonchev–Trinajstić information content (AvgIpc) is 2.46. The Morgan fingerprint density at radius 1 is 0.950 bits per heavy atom. The first kappa shape index (κ1) is 12.9. The van der Waals surface area contributed by atoms with Crippen molar-refractivity contribution in [2.24, 2.45) is 5.92 Å². The molecule has 3 rings (SSSR count). The summed E-state index contributed by atoms with van der Waals surface area (Å²) in [6.07, 6.45) is 3.83. The predicted octanol–water partition coefficient (Wildman–Crippen LogP) is 3.88. The Kier molecular flexibility index (Phi) is 3.82. The fourth-order valence-electron chi connectivity index (χ4n) is 2.48. The van der Waals surface area contributed by atoms with Crippen LogP contribution in [0.3, 0.4) is 0 Å². The highest BCUT2D eigenvalue weighted by Crippen LogP contribution is 2.25. The molecule has 2 aromatic carbocycles. The van der Waals surface area contributed by atoms with Crippen LogP contribution < -0.4 is 5.32 Å². The molecule has 0 unspecified atom stereocenters. The summed E-state index contributed by atoms with van der Waals surface area (Å²) in [7, 11) is 0. The van der Waals surface area contributed by atoms with E-state index < -0.39 is 0 Å².